The Morgan fingerprint density at radius 2 is 1.92 bits per heavy atom. The van der Waals surface area contributed by atoms with Crippen LogP contribution in [0.3, 0.4) is 0 Å². The number of oxime groups is 1. The Morgan fingerprint density at radius 3 is 2.51 bits per heavy atom. The van der Waals surface area contributed by atoms with Crippen LogP contribution in [-0.2, 0) is 34.3 Å². The van der Waals surface area contributed by atoms with Crippen molar-refractivity contribution < 1.29 is 51.6 Å². The third-order valence-electron chi connectivity index (χ3n) is 7.96. The van der Waals surface area contributed by atoms with Crippen molar-refractivity contribution in [2.45, 2.75) is 37.5 Å². The summed E-state index contributed by atoms with van der Waals surface area (Å²) < 4.78 is 44.0. The van der Waals surface area contributed by atoms with Gasteiger partial charge >= 0.3 is 22.4 Å². The molecule has 3 atom stereocenters. The van der Waals surface area contributed by atoms with E-state index < -0.39 is 70.9 Å². The number of aliphatic carboxylic acids is 1. The molecule has 0 aliphatic carbocycles. The molecule has 19 nitrogen and oxygen atoms in total. The monoisotopic (exact) mass is 722 g/mol. The number of amides is 2. The minimum atomic E-state index is -5.02. The van der Waals surface area contributed by atoms with E-state index in [4.69, 9.17) is 25.8 Å². The first-order valence-electron chi connectivity index (χ1n) is 15.0. The smallest absolute Gasteiger partial charge is 0.410 e. The van der Waals surface area contributed by atoms with E-state index in [9.17, 15) is 37.3 Å². The normalized spacial score (nSPS) is 21.2. The number of nitrogen functional groups attached to an aromatic ring is 1. The third kappa shape index (κ3) is 8.60. The molecule has 2 amide bonds. The number of piperidine rings is 1. The van der Waals surface area contributed by atoms with Crippen LogP contribution in [0.4, 0.5) is 9.93 Å². The van der Waals surface area contributed by atoms with E-state index in [0.717, 1.165) is 42.2 Å². The van der Waals surface area contributed by atoms with Crippen molar-refractivity contribution >= 4 is 62.1 Å². The number of nitrogens with two attached hydrogens (primary N) is 2. The summed E-state index contributed by atoms with van der Waals surface area (Å²) in [4.78, 5) is 65.2. The minimum absolute atomic E-state index is 0.0379. The number of Topliss-reactive ketones (excluding diaryl/α,β-unsaturated/α-hetero) is 1. The first-order chi connectivity index (χ1) is 23.3. The number of aromatic nitrogens is 1. The summed E-state index contributed by atoms with van der Waals surface area (Å²) in [5.41, 5.74) is 12.0. The molecule has 3 fully saturated rings. The molecule has 3 aliphatic rings. The van der Waals surface area contributed by atoms with Crippen LogP contribution in [0.2, 0.25) is 0 Å². The number of cyclic esters (lactones) is 1. The van der Waals surface area contributed by atoms with Crippen molar-refractivity contribution in [2.75, 3.05) is 45.1 Å². The van der Waals surface area contributed by atoms with Gasteiger partial charge in [-0.25, -0.2) is 18.9 Å². The number of rotatable bonds is 15. The number of anilines is 1. The Morgan fingerprint density at radius 1 is 1.20 bits per heavy atom. The zero-order valence-electron chi connectivity index (χ0n) is 25.8. The van der Waals surface area contributed by atoms with Gasteiger partial charge in [0.15, 0.2) is 16.6 Å². The molecule has 0 saturated carbocycles. The number of thiazole rings is 1. The molecule has 0 radical (unpaired) electrons. The number of ketones is 1. The maximum atomic E-state index is 13.5. The molecule has 0 unspecified atom stereocenters. The number of carboxylic acid groups (broad SMARTS) is 1. The molecule has 3 saturated heterocycles. The van der Waals surface area contributed by atoms with Crippen LogP contribution in [0.1, 0.15) is 30.5 Å². The Hall–Kier alpha value is -4.86. The first kappa shape index (κ1) is 35.4. The molecular weight excluding hydrogens is 688 g/mol. The van der Waals surface area contributed by atoms with Crippen molar-refractivity contribution in [1.82, 2.24) is 19.5 Å². The fourth-order valence-corrected chi connectivity index (χ4v) is 6.86. The van der Waals surface area contributed by atoms with Crippen molar-refractivity contribution in [2.24, 2.45) is 21.8 Å². The molecule has 5 rings (SSSR count). The predicted molar refractivity (Wildman–Crippen MR) is 172 cm³/mol. The number of nitrogens with one attached hydrogen (secondary N) is 1. The number of hydrogen-bond donors (Lipinski definition) is 5. The van der Waals surface area contributed by atoms with Crippen molar-refractivity contribution in [1.29, 1.82) is 0 Å². The van der Waals surface area contributed by atoms with Crippen LogP contribution in [-0.4, -0.2) is 125 Å². The summed E-state index contributed by atoms with van der Waals surface area (Å²) >= 11 is 0.947. The maximum absolute atomic E-state index is 13.5. The molecule has 0 bridgehead atoms. The zero-order valence-corrected chi connectivity index (χ0v) is 27.5. The van der Waals surface area contributed by atoms with E-state index in [2.05, 4.69) is 20.4 Å². The average Bonchev–Trinajstić information content (AvgIpc) is 3.68. The molecule has 49 heavy (non-hydrogen) atoms. The number of carbonyl (C=O) groups excluding carboxylic acids is 3. The van der Waals surface area contributed by atoms with Crippen LogP contribution in [0.15, 0.2) is 39.8 Å². The van der Waals surface area contributed by atoms with E-state index in [0.29, 0.717) is 17.1 Å². The quantitative estimate of drug-likeness (QED) is 0.0508. The van der Waals surface area contributed by atoms with E-state index in [1.54, 1.807) is 24.3 Å². The molecular formula is C28H34N8O11S2. The Balaban J connectivity index is 1.27. The van der Waals surface area contributed by atoms with E-state index in [-0.39, 0.29) is 40.9 Å². The van der Waals surface area contributed by atoms with Gasteiger partial charge in [0.1, 0.15) is 30.5 Å². The number of aliphatic imine (C=N–C) groups is 1. The SMILES string of the molecule is NC(=NC1CCNCC1)c1ccc(OC[C@H](O/N=C(\C(=O)C[C@@H]2C(=O)N(S(=O)(=O)O)[C@@H]2CN2CCOC2=O)c2csc(N)n2)C(=O)O)cc1. The van der Waals surface area contributed by atoms with Crippen LogP contribution in [0.5, 0.6) is 5.75 Å². The van der Waals surface area contributed by atoms with Crippen LogP contribution >= 0.6 is 11.3 Å². The highest BCUT2D eigenvalue weighted by Crippen LogP contribution is 2.34. The lowest BCUT2D eigenvalue weighted by molar-refractivity contribution is -0.152. The molecule has 0 spiro atoms. The highest BCUT2D eigenvalue weighted by atomic mass is 32.2. The van der Waals surface area contributed by atoms with Gasteiger partial charge < -0.3 is 41.1 Å². The number of benzene rings is 1. The summed E-state index contributed by atoms with van der Waals surface area (Å²) in [6.07, 6.45) is -1.35. The number of hydrogen-bond acceptors (Lipinski definition) is 15. The predicted octanol–water partition coefficient (Wildman–Crippen LogP) is -0.523. The molecule has 1 aromatic carbocycles. The highest BCUT2D eigenvalue weighted by Gasteiger charge is 2.55. The van der Waals surface area contributed by atoms with Gasteiger partial charge in [0, 0.05) is 23.9 Å². The van der Waals surface area contributed by atoms with Crippen molar-refractivity contribution in [3.8, 4) is 5.75 Å². The summed E-state index contributed by atoms with van der Waals surface area (Å²) in [6, 6.07) is 5.35. The molecule has 21 heteroatoms. The lowest BCUT2D eigenvalue weighted by Gasteiger charge is -2.45. The number of β-lactam (4-membered cyclic amide) rings is 1. The summed E-state index contributed by atoms with van der Waals surface area (Å²) in [6.45, 7) is 1.00. The molecule has 1 aromatic heterocycles. The minimum Gasteiger partial charge on any atom is -0.489 e. The Bertz CT molecular complexity index is 1740. The summed E-state index contributed by atoms with van der Waals surface area (Å²) in [5, 5.41) is 18.2. The van der Waals surface area contributed by atoms with Gasteiger partial charge in [-0.1, -0.05) is 5.16 Å². The molecule has 4 heterocycles. The van der Waals surface area contributed by atoms with Crippen molar-refractivity contribution in [3.63, 3.8) is 0 Å². The van der Waals surface area contributed by atoms with Gasteiger partial charge in [-0.3, -0.25) is 19.1 Å². The number of amidine groups is 1. The number of nitrogens with zero attached hydrogens (tertiary/aromatic N) is 5. The second kappa shape index (κ2) is 15.1. The van der Waals surface area contributed by atoms with Crippen LogP contribution < -0.4 is 21.5 Å². The topological polar surface area (TPSA) is 279 Å². The molecule has 7 N–H and O–H groups in total. The Labute approximate surface area is 283 Å². The van der Waals surface area contributed by atoms with E-state index >= 15 is 0 Å². The largest absolute Gasteiger partial charge is 0.489 e. The molecule has 3 aliphatic heterocycles. The first-order valence-corrected chi connectivity index (χ1v) is 17.3. The van der Waals surface area contributed by atoms with Gasteiger partial charge in [0.25, 0.3) is 6.10 Å². The fourth-order valence-electron chi connectivity index (χ4n) is 5.40. The van der Waals surface area contributed by atoms with Gasteiger partial charge in [0.05, 0.1) is 24.5 Å². The third-order valence-corrected chi connectivity index (χ3v) is 9.59. The Kier molecular flexibility index (Phi) is 11.0. The average molecular weight is 723 g/mol. The van der Waals surface area contributed by atoms with Crippen molar-refractivity contribution in [3.05, 3.63) is 40.9 Å². The summed E-state index contributed by atoms with van der Waals surface area (Å²) in [5.74, 6) is -4.08. The lowest BCUT2D eigenvalue weighted by atomic mass is 9.84. The number of carbonyl (C=O) groups is 4. The standard InChI is InChI=1S/C28H34N8O11S2/c29-24(32-16-5-7-31-8-6-16)15-1-3-17(4-2-15)46-13-22(26(39)40)47-34-23(19-14-48-27(30)33-19)21(37)11-18-20(12-35-9-10-45-28(35)41)36(25(18)38)49(42,43)44/h1-4,14,16,18,20,22,31H,5-13H2,(H2,29,32)(H2,30,33)(H,39,40)(H,42,43,44)/b34-23-/t18-,20+,22-/m0/s1. The summed E-state index contributed by atoms with van der Waals surface area (Å²) in [7, 11) is -5.02. The second-order valence-corrected chi connectivity index (χ2v) is 13.4. The highest BCUT2D eigenvalue weighted by molar-refractivity contribution is 7.84. The number of carboxylic acids is 1. The van der Waals surface area contributed by atoms with E-state index in [1.807, 2.05) is 0 Å². The maximum Gasteiger partial charge on any atom is 0.410 e. The molecule has 2 aromatic rings. The zero-order chi connectivity index (χ0) is 35.3. The molecule has 264 valence electrons. The van der Waals surface area contributed by atoms with Crippen LogP contribution in [0.25, 0.3) is 0 Å². The van der Waals surface area contributed by atoms with Gasteiger partial charge in [-0.15, -0.1) is 11.3 Å². The van der Waals surface area contributed by atoms with Crippen LogP contribution in [0, 0.1) is 5.92 Å². The van der Waals surface area contributed by atoms with Gasteiger partial charge in [-0.2, -0.15) is 8.42 Å². The fraction of sp³-hybridized carbons (Fsp3) is 0.464. The lowest BCUT2D eigenvalue weighted by Crippen LogP contribution is -2.66. The second-order valence-electron chi connectivity index (χ2n) is 11.2. The van der Waals surface area contributed by atoms with E-state index in [1.165, 1.54) is 5.38 Å². The number of ether oxygens (including phenoxy) is 2. The van der Waals surface area contributed by atoms with Gasteiger partial charge in [-0.05, 0) is 50.2 Å². The van der Waals surface area contributed by atoms with Gasteiger partial charge in [0.2, 0.25) is 5.91 Å².